The van der Waals surface area contributed by atoms with Gasteiger partial charge in [0.15, 0.2) is 0 Å². The first-order valence-corrected chi connectivity index (χ1v) is 7.36. The van der Waals surface area contributed by atoms with Gasteiger partial charge >= 0.3 is 0 Å². The van der Waals surface area contributed by atoms with Gasteiger partial charge in [-0.1, -0.05) is 24.3 Å². The first-order valence-electron chi connectivity index (χ1n) is 7.36. The summed E-state index contributed by atoms with van der Waals surface area (Å²) in [6.07, 6.45) is 3.43. The molecule has 1 unspecified atom stereocenters. The maximum Gasteiger partial charge on any atom is 0.130 e. The van der Waals surface area contributed by atoms with Gasteiger partial charge in [0.1, 0.15) is 5.82 Å². The fourth-order valence-electron chi connectivity index (χ4n) is 2.87. The van der Waals surface area contributed by atoms with E-state index < -0.39 is 0 Å². The van der Waals surface area contributed by atoms with E-state index in [1.807, 2.05) is 0 Å². The second kappa shape index (κ2) is 5.71. The highest BCUT2D eigenvalue weighted by molar-refractivity contribution is 5.63. The Kier molecular flexibility index (Phi) is 3.79. The molecule has 3 nitrogen and oxygen atoms in total. The first kappa shape index (κ1) is 13.3. The zero-order chi connectivity index (χ0) is 13.9. The van der Waals surface area contributed by atoms with E-state index in [1.165, 1.54) is 24.0 Å². The van der Waals surface area contributed by atoms with E-state index >= 15 is 0 Å². The Labute approximate surface area is 120 Å². The Morgan fingerprint density at radius 1 is 1.20 bits per heavy atom. The third-order valence-corrected chi connectivity index (χ3v) is 3.91. The number of rotatable bonds is 3. The van der Waals surface area contributed by atoms with Crippen LogP contribution >= 0.6 is 0 Å². The van der Waals surface area contributed by atoms with Crippen molar-refractivity contribution >= 4 is 0 Å². The van der Waals surface area contributed by atoms with Crippen molar-refractivity contribution in [2.24, 2.45) is 0 Å². The van der Waals surface area contributed by atoms with E-state index in [-0.39, 0.29) is 0 Å². The predicted octanol–water partition coefficient (Wildman–Crippen LogP) is 3.05. The topological polar surface area (TPSA) is 37.8 Å². The van der Waals surface area contributed by atoms with Gasteiger partial charge in [-0.05, 0) is 44.9 Å². The Hall–Kier alpha value is -1.74. The molecule has 1 saturated heterocycles. The molecular formula is C17H21N3. The van der Waals surface area contributed by atoms with Crippen molar-refractivity contribution in [1.82, 2.24) is 15.3 Å². The van der Waals surface area contributed by atoms with E-state index in [9.17, 15) is 0 Å². The van der Waals surface area contributed by atoms with Crippen LogP contribution in [-0.4, -0.2) is 22.6 Å². The van der Waals surface area contributed by atoms with Crippen LogP contribution in [0, 0.1) is 13.8 Å². The van der Waals surface area contributed by atoms with E-state index in [2.05, 4.69) is 54.5 Å². The van der Waals surface area contributed by atoms with Crippen LogP contribution in [0.25, 0.3) is 11.3 Å². The summed E-state index contributed by atoms with van der Waals surface area (Å²) >= 11 is 0. The van der Waals surface area contributed by atoms with Gasteiger partial charge in [0.25, 0.3) is 0 Å². The van der Waals surface area contributed by atoms with Gasteiger partial charge in [0.2, 0.25) is 0 Å². The minimum atomic E-state index is 0.543. The molecule has 0 bridgehead atoms. The van der Waals surface area contributed by atoms with Gasteiger partial charge in [-0.25, -0.2) is 9.97 Å². The van der Waals surface area contributed by atoms with Crippen molar-refractivity contribution in [3.8, 4) is 11.3 Å². The SMILES string of the molecule is Cc1cc(-c2ccccc2C)nc(CC2CCCN2)n1. The van der Waals surface area contributed by atoms with E-state index in [1.54, 1.807) is 0 Å². The van der Waals surface area contributed by atoms with Crippen molar-refractivity contribution in [3.05, 3.63) is 47.4 Å². The Bertz CT molecular complexity index is 601. The Balaban J connectivity index is 1.92. The fraction of sp³-hybridized carbons (Fsp3) is 0.412. The molecular weight excluding hydrogens is 246 g/mol. The predicted molar refractivity (Wildman–Crippen MR) is 81.7 cm³/mol. The molecule has 2 heterocycles. The molecule has 1 aromatic carbocycles. The smallest absolute Gasteiger partial charge is 0.130 e. The van der Waals surface area contributed by atoms with Crippen LogP contribution in [0.3, 0.4) is 0 Å². The van der Waals surface area contributed by atoms with Gasteiger partial charge in [-0.2, -0.15) is 0 Å². The van der Waals surface area contributed by atoms with Crippen molar-refractivity contribution in [3.63, 3.8) is 0 Å². The molecule has 1 aromatic heterocycles. The fourth-order valence-corrected chi connectivity index (χ4v) is 2.87. The Morgan fingerprint density at radius 3 is 2.80 bits per heavy atom. The summed E-state index contributed by atoms with van der Waals surface area (Å²) in [7, 11) is 0. The molecule has 2 aromatic rings. The second-order valence-corrected chi connectivity index (χ2v) is 5.62. The van der Waals surface area contributed by atoms with E-state index in [4.69, 9.17) is 4.98 Å². The third kappa shape index (κ3) is 2.88. The minimum absolute atomic E-state index is 0.543. The van der Waals surface area contributed by atoms with Crippen LogP contribution in [-0.2, 0) is 6.42 Å². The lowest BCUT2D eigenvalue weighted by molar-refractivity contribution is 0.584. The average Bonchev–Trinajstić information content (AvgIpc) is 2.91. The molecule has 3 rings (SSSR count). The average molecular weight is 267 g/mol. The summed E-state index contributed by atoms with van der Waals surface area (Å²) in [5, 5.41) is 3.52. The number of hydrogen-bond donors (Lipinski definition) is 1. The van der Waals surface area contributed by atoms with Crippen LogP contribution in [0.4, 0.5) is 0 Å². The lowest BCUT2D eigenvalue weighted by Gasteiger charge is -2.12. The summed E-state index contributed by atoms with van der Waals surface area (Å²) in [6.45, 7) is 5.31. The molecule has 1 fully saturated rings. The van der Waals surface area contributed by atoms with Crippen LogP contribution < -0.4 is 5.32 Å². The highest BCUT2D eigenvalue weighted by Crippen LogP contribution is 2.22. The number of benzene rings is 1. The number of aromatic nitrogens is 2. The lowest BCUT2D eigenvalue weighted by Crippen LogP contribution is -2.24. The zero-order valence-corrected chi connectivity index (χ0v) is 12.2. The number of nitrogens with one attached hydrogen (secondary N) is 1. The normalized spacial score (nSPS) is 18.4. The molecule has 1 N–H and O–H groups in total. The monoisotopic (exact) mass is 267 g/mol. The van der Waals surface area contributed by atoms with Crippen LogP contribution in [0.2, 0.25) is 0 Å². The van der Waals surface area contributed by atoms with Gasteiger partial charge in [0.05, 0.1) is 5.69 Å². The summed E-state index contributed by atoms with van der Waals surface area (Å²) in [4.78, 5) is 9.38. The van der Waals surface area contributed by atoms with Crippen LogP contribution in [0.15, 0.2) is 30.3 Å². The summed E-state index contributed by atoms with van der Waals surface area (Å²) < 4.78 is 0. The lowest BCUT2D eigenvalue weighted by atomic mass is 10.0. The van der Waals surface area contributed by atoms with E-state index in [0.29, 0.717) is 6.04 Å². The quantitative estimate of drug-likeness (QED) is 0.928. The number of aryl methyl sites for hydroxylation is 2. The summed E-state index contributed by atoms with van der Waals surface area (Å²) in [5.41, 5.74) is 4.56. The Morgan fingerprint density at radius 2 is 2.05 bits per heavy atom. The maximum atomic E-state index is 4.78. The van der Waals surface area contributed by atoms with Crippen molar-refractivity contribution in [1.29, 1.82) is 0 Å². The minimum Gasteiger partial charge on any atom is -0.314 e. The standard InChI is InChI=1S/C17H21N3/c1-12-6-3-4-8-15(12)16-10-13(2)19-17(20-16)11-14-7-5-9-18-14/h3-4,6,8,10,14,18H,5,7,9,11H2,1-2H3. The molecule has 0 radical (unpaired) electrons. The summed E-state index contributed by atoms with van der Waals surface area (Å²) in [5.74, 6) is 0.961. The molecule has 0 saturated carbocycles. The van der Waals surface area contributed by atoms with Crippen molar-refractivity contribution in [2.45, 2.75) is 39.2 Å². The molecule has 1 aliphatic rings. The maximum absolute atomic E-state index is 4.78. The molecule has 1 atom stereocenters. The molecule has 20 heavy (non-hydrogen) atoms. The molecule has 0 aliphatic carbocycles. The van der Waals surface area contributed by atoms with Crippen LogP contribution in [0.5, 0.6) is 0 Å². The molecule has 0 amide bonds. The molecule has 3 heteroatoms. The second-order valence-electron chi connectivity index (χ2n) is 5.62. The van der Waals surface area contributed by atoms with Crippen LogP contribution in [0.1, 0.15) is 29.9 Å². The van der Waals surface area contributed by atoms with Crippen molar-refractivity contribution < 1.29 is 0 Å². The van der Waals surface area contributed by atoms with Gasteiger partial charge in [-0.15, -0.1) is 0 Å². The molecule has 104 valence electrons. The molecule has 0 spiro atoms. The van der Waals surface area contributed by atoms with Crippen molar-refractivity contribution in [2.75, 3.05) is 6.54 Å². The number of nitrogens with zero attached hydrogens (tertiary/aromatic N) is 2. The van der Waals surface area contributed by atoms with Gasteiger partial charge in [0, 0.05) is 23.7 Å². The number of hydrogen-bond acceptors (Lipinski definition) is 3. The van der Waals surface area contributed by atoms with Gasteiger partial charge in [-0.3, -0.25) is 0 Å². The largest absolute Gasteiger partial charge is 0.314 e. The summed E-state index contributed by atoms with van der Waals surface area (Å²) in [6, 6.07) is 11.0. The highest BCUT2D eigenvalue weighted by Gasteiger charge is 2.16. The van der Waals surface area contributed by atoms with E-state index in [0.717, 1.165) is 30.2 Å². The zero-order valence-electron chi connectivity index (χ0n) is 12.2. The first-order chi connectivity index (χ1) is 9.72. The molecule has 1 aliphatic heterocycles. The van der Waals surface area contributed by atoms with Gasteiger partial charge < -0.3 is 5.32 Å². The highest BCUT2D eigenvalue weighted by atomic mass is 15.0. The third-order valence-electron chi connectivity index (χ3n) is 3.91.